The van der Waals surface area contributed by atoms with Crippen LogP contribution in [0.2, 0.25) is 0 Å². The monoisotopic (exact) mass is 613 g/mol. The number of rotatable bonds is 14. The summed E-state index contributed by atoms with van der Waals surface area (Å²) in [5, 5.41) is 11.3. The minimum atomic E-state index is -3.90. The second-order valence-corrected chi connectivity index (χ2v) is 13.0. The van der Waals surface area contributed by atoms with E-state index in [9.17, 15) is 18.3 Å². The predicted octanol–water partition coefficient (Wildman–Crippen LogP) is 5.70. The Balaban J connectivity index is 1.28. The molecule has 0 saturated carbocycles. The SMILES string of the molecule is Cc1ccc(S(=O)(=O)N[C@H]2c3ccccc3C[C@H]2OC(=O)[C@@H](Cc2ccccc2)[C@@H](O)CCCOCc2ccccc2)cc1. The molecule has 4 atom stereocenters. The molecule has 1 aliphatic carbocycles. The third-order valence-corrected chi connectivity index (χ3v) is 9.49. The molecule has 0 amide bonds. The number of aliphatic hydroxyl groups excluding tert-OH is 1. The molecule has 8 heteroatoms. The fourth-order valence-corrected chi connectivity index (χ4v) is 6.84. The van der Waals surface area contributed by atoms with Crippen LogP contribution < -0.4 is 4.72 Å². The van der Waals surface area contributed by atoms with Crippen molar-refractivity contribution in [2.24, 2.45) is 5.92 Å². The Hall–Kier alpha value is -3.82. The van der Waals surface area contributed by atoms with Gasteiger partial charge in [-0.2, -0.15) is 4.72 Å². The minimum Gasteiger partial charge on any atom is -0.460 e. The maximum Gasteiger partial charge on any atom is 0.312 e. The first-order valence-electron chi connectivity index (χ1n) is 15.0. The van der Waals surface area contributed by atoms with E-state index in [0.29, 0.717) is 38.9 Å². The highest BCUT2D eigenvalue weighted by atomic mass is 32.2. The summed E-state index contributed by atoms with van der Waals surface area (Å²) in [5.74, 6) is -1.38. The number of ether oxygens (including phenoxy) is 2. The van der Waals surface area contributed by atoms with E-state index in [4.69, 9.17) is 9.47 Å². The Bertz CT molecular complexity index is 1610. The number of aryl methyl sites for hydroxylation is 1. The first-order chi connectivity index (χ1) is 21.3. The van der Waals surface area contributed by atoms with Crippen LogP contribution in [-0.4, -0.2) is 38.3 Å². The molecule has 0 bridgehead atoms. The summed E-state index contributed by atoms with van der Waals surface area (Å²) in [4.78, 5) is 13.9. The van der Waals surface area contributed by atoms with Crippen molar-refractivity contribution >= 4 is 16.0 Å². The number of fused-ring (bicyclic) bond motifs is 1. The van der Waals surface area contributed by atoms with Crippen LogP contribution in [0, 0.1) is 12.8 Å². The normalized spacial score (nSPS) is 17.5. The van der Waals surface area contributed by atoms with Crippen LogP contribution in [0.3, 0.4) is 0 Å². The van der Waals surface area contributed by atoms with Crippen molar-refractivity contribution in [3.63, 3.8) is 0 Å². The molecule has 44 heavy (non-hydrogen) atoms. The average Bonchev–Trinajstić information content (AvgIpc) is 3.36. The molecular formula is C36H39NO6S. The number of nitrogens with one attached hydrogen (secondary N) is 1. The van der Waals surface area contributed by atoms with E-state index in [0.717, 1.165) is 27.8 Å². The highest BCUT2D eigenvalue weighted by Gasteiger charge is 2.40. The number of sulfonamides is 1. The smallest absolute Gasteiger partial charge is 0.312 e. The fraction of sp³-hybridized carbons (Fsp3) is 0.306. The number of hydrogen-bond acceptors (Lipinski definition) is 6. The number of esters is 1. The Morgan fingerprint density at radius 1 is 0.886 bits per heavy atom. The van der Waals surface area contributed by atoms with Gasteiger partial charge < -0.3 is 14.6 Å². The molecule has 4 aromatic carbocycles. The molecule has 4 aromatic rings. The van der Waals surface area contributed by atoms with Crippen LogP contribution in [0.15, 0.2) is 114 Å². The molecule has 0 saturated heterocycles. The van der Waals surface area contributed by atoms with Crippen LogP contribution in [0.4, 0.5) is 0 Å². The zero-order chi connectivity index (χ0) is 30.9. The van der Waals surface area contributed by atoms with Crippen LogP contribution in [-0.2, 0) is 43.7 Å². The Labute approximate surface area is 259 Å². The standard InChI is InChI=1S/C36H39NO6S/c1-26-18-20-30(21-19-26)44(40,41)37-35-31-16-9-8-15-29(31)24-34(35)43-36(39)32(23-27-11-4-2-5-12-27)33(38)17-10-22-42-25-28-13-6-3-7-14-28/h2-9,11-16,18-21,32-35,37-38H,10,17,22-25H2,1H3/t32-,33-,34+,35-/m0/s1. The van der Waals surface area contributed by atoms with Gasteiger partial charge in [-0.15, -0.1) is 0 Å². The average molecular weight is 614 g/mol. The van der Waals surface area contributed by atoms with Gasteiger partial charge in [0.1, 0.15) is 6.10 Å². The molecule has 0 fully saturated rings. The summed E-state index contributed by atoms with van der Waals surface area (Å²) in [6.45, 7) is 2.82. The molecule has 5 rings (SSSR count). The topological polar surface area (TPSA) is 102 Å². The lowest BCUT2D eigenvalue weighted by molar-refractivity contribution is -0.159. The Morgan fingerprint density at radius 2 is 1.52 bits per heavy atom. The van der Waals surface area contributed by atoms with Gasteiger partial charge in [0.05, 0.1) is 29.6 Å². The largest absolute Gasteiger partial charge is 0.460 e. The fourth-order valence-electron chi connectivity index (χ4n) is 5.60. The van der Waals surface area contributed by atoms with Crippen molar-refractivity contribution in [1.29, 1.82) is 0 Å². The maximum absolute atomic E-state index is 13.8. The molecule has 0 radical (unpaired) electrons. The zero-order valence-electron chi connectivity index (χ0n) is 24.8. The van der Waals surface area contributed by atoms with Crippen molar-refractivity contribution in [3.8, 4) is 0 Å². The molecule has 0 heterocycles. The third-order valence-electron chi connectivity index (χ3n) is 8.03. The van der Waals surface area contributed by atoms with Crippen molar-refractivity contribution in [1.82, 2.24) is 4.72 Å². The van der Waals surface area contributed by atoms with Crippen LogP contribution in [0.5, 0.6) is 0 Å². The lowest BCUT2D eigenvalue weighted by atomic mass is 9.91. The van der Waals surface area contributed by atoms with Gasteiger partial charge in [0.25, 0.3) is 0 Å². The zero-order valence-corrected chi connectivity index (χ0v) is 25.7. The molecule has 7 nitrogen and oxygen atoms in total. The summed E-state index contributed by atoms with van der Waals surface area (Å²) < 4.78 is 41.4. The summed E-state index contributed by atoms with van der Waals surface area (Å²) in [7, 11) is -3.90. The number of benzene rings is 4. The van der Waals surface area contributed by atoms with Crippen molar-refractivity contribution in [2.45, 2.75) is 62.4 Å². The molecule has 1 aliphatic rings. The summed E-state index contributed by atoms with van der Waals surface area (Å²) in [6, 6.07) is 32.8. The molecule has 0 aliphatic heterocycles. The van der Waals surface area contributed by atoms with E-state index in [2.05, 4.69) is 4.72 Å². The van der Waals surface area contributed by atoms with E-state index < -0.39 is 40.2 Å². The summed E-state index contributed by atoms with van der Waals surface area (Å²) in [5.41, 5.74) is 4.62. The first kappa shape index (κ1) is 31.6. The second-order valence-electron chi connectivity index (χ2n) is 11.3. The van der Waals surface area contributed by atoms with Crippen molar-refractivity contribution in [3.05, 3.63) is 137 Å². The third kappa shape index (κ3) is 8.21. The van der Waals surface area contributed by atoms with Crippen molar-refractivity contribution in [2.75, 3.05) is 6.61 Å². The quantitative estimate of drug-likeness (QED) is 0.140. The van der Waals surface area contributed by atoms with Gasteiger partial charge in [-0.3, -0.25) is 4.79 Å². The van der Waals surface area contributed by atoms with E-state index in [1.807, 2.05) is 91.9 Å². The second kappa shape index (κ2) is 14.8. The maximum atomic E-state index is 13.8. The molecule has 2 N–H and O–H groups in total. The van der Waals surface area contributed by atoms with E-state index in [1.54, 1.807) is 24.3 Å². The molecule has 0 spiro atoms. The number of carbonyl (C=O) groups is 1. The number of carbonyl (C=O) groups excluding carboxylic acids is 1. The van der Waals surface area contributed by atoms with E-state index in [-0.39, 0.29) is 4.90 Å². The highest BCUT2D eigenvalue weighted by Crippen LogP contribution is 2.35. The summed E-state index contributed by atoms with van der Waals surface area (Å²) >= 11 is 0. The van der Waals surface area contributed by atoms with Gasteiger partial charge >= 0.3 is 5.97 Å². The van der Waals surface area contributed by atoms with Gasteiger partial charge in [0.2, 0.25) is 10.0 Å². The highest BCUT2D eigenvalue weighted by molar-refractivity contribution is 7.89. The lowest BCUT2D eigenvalue weighted by Gasteiger charge is -2.27. The van der Waals surface area contributed by atoms with Crippen LogP contribution >= 0.6 is 0 Å². The first-order valence-corrected chi connectivity index (χ1v) is 16.5. The van der Waals surface area contributed by atoms with E-state index >= 15 is 0 Å². The van der Waals surface area contributed by atoms with Crippen LogP contribution in [0.25, 0.3) is 0 Å². The number of hydrogen-bond donors (Lipinski definition) is 2. The molecule has 0 aromatic heterocycles. The molecule has 230 valence electrons. The molecular weight excluding hydrogens is 574 g/mol. The van der Waals surface area contributed by atoms with Gasteiger partial charge in [-0.25, -0.2) is 8.42 Å². The van der Waals surface area contributed by atoms with Crippen LogP contribution in [0.1, 0.15) is 46.7 Å². The van der Waals surface area contributed by atoms with Crippen molar-refractivity contribution < 1.29 is 27.8 Å². The minimum absolute atomic E-state index is 0.143. The summed E-state index contributed by atoms with van der Waals surface area (Å²) in [6.07, 6.45) is -0.138. The lowest BCUT2D eigenvalue weighted by Crippen LogP contribution is -2.40. The molecule has 0 unspecified atom stereocenters. The number of aliphatic hydroxyl groups is 1. The van der Waals surface area contributed by atoms with Gasteiger partial charge in [0, 0.05) is 13.0 Å². The van der Waals surface area contributed by atoms with Gasteiger partial charge in [0.15, 0.2) is 0 Å². The van der Waals surface area contributed by atoms with Gasteiger partial charge in [-0.05, 0) is 60.6 Å². The van der Waals surface area contributed by atoms with E-state index in [1.165, 1.54) is 0 Å². The van der Waals surface area contributed by atoms with Gasteiger partial charge in [-0.1, -0.05) is 103 Å². The predicted molar refractivity (Wildman–Crippen MR) is 169 cm³/mol. The Kier molecular flexibility index (Phi) is 10.6. The Morgan fingerprint density at radius 3 is 2.23 bits per heavy atom.